The molecule has 0 saturated heterocycles. The van der Waals surface area contributed by atoms with E-state index in [2.05, 4.69) is 20.8 Å². The predicted molar refractivity (Wildman–Crippen MR) is 68.7 cm³/mol. The minimum atomic E-state index is 0.0604. The fourth-order valence-electron chi connectivity index (χ4n) is 1.93. The summed E-state index contributed by atoms with van der Waals surface area (Å²) in [6.07, 6.45) is 2.06. The van der Waals surface area contributed by atoms with Gasteiger partial charge in [0, 0.05) is 5.92 Å². The minimum absolute atomic E-state index is 0.0604. The zero-order valence-electron chi connectivity index (χ0n) is 11.0. The number of Topliss-reactive ketones (excluding diaryl/α,β-unsaturated/α-hetero) is 1. The number of rotatable bonds is 3. The summed E-state index contributed by atoms with van der Waals surface area (Å²) in [6, 6.07) is 5.96. The molecule has 1 saturated carbocycles. The van der Waals surface area contributed by atoms with Gasteiger partial charge in [0.05, 0.1) is 12.7 Å². The molecule has 0 aliphatic heterocycles. The van der Waals surface area contributed by atoms with E-state index in [9.17, 15) is 4.79 Å². The van der Waals surface area contributed by atoms with Gasteiger partial charge in [0.25, 0.3) is 0 Å². The average Bonchev–Trinajstić information content (AvgIpc) is 3.09. The summed E-state index contributed by atoms with van der Waals surface area (Å²) in [5, 5.41) is 0. The van der Waals surface area contributed by atoms with Crippen molar-refractivity contribution in [3.05, 3.63) is 29.3 Å². The van der Waals surface area contributed by atoms with Crippen LogP contribution < -0.4 is 4.74 Å². The molecule has 0 radical (unpaired) electrons. The van der Waals surface area contributed by atoms with Crippen LogP contribution in [0.5, 0.6) is 5.75 Å². The topological polar surface area (TPSA) is 26.3 Å². The summed E-state index contributed by atoms with van der Waals surface area (Å²) >= 11 is 0. The quantitative estimate of drug-likeness (QED) is 0.744. The van der Waals surface area contributed by atoms with E-state index in [1.54, 1.807) is 7.11 Å². The summed E-state index contributed by atoms with van der Waals surface area (Å²) in [4.78, 5) is 12.2. The molecule has 0 heterocycles. The molecule has 92 valence electrons. The zero-order valence-corrected chi connectivity index (χ0v) is 11.0. The number of benzene rings is 1. The van der Waals surface area contributed by atoms with Crippen molar-refractivity contribution in [3.8, 4) is 5.75 Å². The van der Waals surface area contributed by atoms with Crippen molar-refractivity contribution < 1.29 is 9.53 Å². The highest BCUT2D eigenvalue weighted by atomic mass is 16.5. The lowest BCUT2D eigenvalue weighted by molar-refractivity contribution is 0.0964. The van der Waals surface area contributed by atoms with E-state index in [4.69, 9.17) is 4.74 Å². The molecule has 0 aromatic heterocycles. The maximum atomic E-state index is 12.2. The van der Waals surface area contributed by atoms with E-state index in [0.29, 0.717) is 5.75 Å². The number of carbonyl (C=O) groups is 1. The van der Waals surface area contributed by atoms with Gasteiger partial charge in [-0.3, -0.25) is 4.79 Å². The van der Waals surface area contributed by atoms with Crippen LogP contribution in [0.25, 0.3) is 0 Å². The number of hydrogen-bond donors (Lipinski definition) is 0. The van der Waals surface area contributed by atoms with E-state index in [1.807, 2.05) is 18.2 Å². The van der Waals surface area contributed by atoms with Crippen LogP contribution in [-0.4, -0.2) is 12.9 Å². The monoisotopic (exact) mass is 232 g/mol. The third kappa shape index (κ3) is 2.51. The Morgan fingerprint density at radius 2 is 1.94 bits per heavy atom. The number of carbonyl (C=O) groups excluding carboxylic acids is 1. The summed E-state index contributed by atoms with van der Waals surface area (Å²) in [5.41, 5.74) is 2.00. The second kappa shape index (κ2) is 4.17. The van der Waals surface area contributed by atoms with Crippen molar-refractivity contribution in [2.75, 3.05) is 7.11 Å². The first-order valence-corrected chi connectivity index (χ1v) is 6.16. The first kappa shape index (κ1) is 12.2. The number of ketones is 1. The van der Waals surface area contributed by atoms with Gasteiger partial charge in [0.1, 0.15) is 5.75 Å². The van der Waals surface area contributed by atoms with Gasteiger partial charge in [-0.25, -0.2) is 0 Å². The maximum absolute atomic E-state index is 12.2. The van der Waals surface area contributed by atoms with Crippen molar-refractivity contribution in [1.82, 2.24) is 0 Å². The fourth-order valence-corrected chi connectivity index (χ4v) is 1.93. The van der Waals surface area contributed by atoms with Gasteiger partial charge in [0.15, 0.2) is 5.78 Å². The molecule has 0 spiro atoms. The Bertz CT molecular complexity index is 437. The van der Waals surface area contributed by atoms with Gasteiger partial charge in [-0.15, -0.1) is 0 Å². The lowest BCUT2D eigenvalue weighted by atomic mass is 9.85. The number of methoxy groups -OCH3 is 1. The lowest BCUT2D eigenvalue weighted by Gasteiger charge is -2.20. The molecule has 17 heavy (non-hydrogen) atoms. The minimum Gasteiger partial charge on any atom is -0.496 e. The molecule has 1 aliphatic carbocycles. The molecule has 1 aromatic rings. The van der Waals surface area contributed by atoms with Crippen molar-refractivity contribution in [1.29, 1.82) is 0 Å². The average molecular weight is 232 g/mol. The summed E-state index contributed by atoms with van der Waals surface area (Å²) in [7, 11) is 1.62. The molecule has 0 N–H and O–H groups in total. The standard InChI is InChI=1S/C15H20O2/c1-15(2,3)11-7-8-13(17-4)12(9-11)14(16)10-5-6-10/h7-10H,5-6H2,1-4H3. The lowest BCUT2D eigenvalue weighted by Crippen LogP contribution is -2.13. The first-order valence-electron chi connectivity index (χ1n) is 6.16. The molecule has 1 fully saturated rings. The molecule has 0 atom stereocenters. The summed E-state index contributed by atoms with van der Waals surface area (Å²) in [6.45, 7) is 6.46. The van der Waals surface area contributed by atoms with Gasteiger partial charge < -0.3 is 4.74 Å². The molecule has 0 amide bonds. The van der Waals surface area contributed by atoms with Gasteiger partial charge in [-0.2, -0.15) is 0 Å². The fraction of sp³-hybridized carbons (Fsp3) is 0.533. The predicted octanol–water partition coefficient (Wildman–Crippen LogP) is 3.59. The Morgan fingerprint density at radius 1 is 1.29 bits per heavy atom. The Morgan fingerprint density at radius 3 is 2.41 bits per heavy atom. The van der Waals surface area contributed by atoms with Crippen LogP contribution in [0.2, 0.25) is 0 Å². The Kier molecular flexibility index (Phi) is 2.98. The molecule has 2 nitrogen and oxygen atoms in total. The summed E-state index contributed by atoms with van der Waals surface area (Å²) < 4.78 is 5.29. The van der Waals surface area contributed by atoms with Gasteiger partial charge in [0.2, 0.25) is 0 Å². The molecule has 1 aromatic carbocycles. The van der Waals surface area contributed by atoms with E-state index in [1.165, 1.54) is 5.56 Å². The van der Waals surface area contributed by atoms with Gasteiger partial charge in [-0.1, -0.05) is 26.8 Å². The third-order valence-electron chi connectivity index (χ3n) is 3.28. The Balaban J connectivity index is 2.42. The van der Waals surface area contributed by atoms with Crippen LogP contribution in [0.4, 0.5) is 0 Å². The number of ether oxygens (including phenoxy) is 1. The second-order valence-corrected chi connectivity index (χ2v) is 5.80. The van der Waals surface area contributed by atoms with E-state index in [0.717, 1.165) is 18.4 Å². The summed E-state index contributed by atoms with van der Waals surface area (Å²) in [5.74, 6) is 1.18. The molecule has 2 heteroatoms. The van der Waals surface area contributed by atoms with Crippen molar-refractivity contribution in [2.24, 2.45) is 5.92 Å². The van der Waals surface area contributed by atoms with Crippen LogP contribution >= 0.6 is 0 Å². The highest BCUT2D eigenvalue weighted by molar-refractivity contribution is 6.01. The second-order valence-electron chi connectivity index (χ2n) is 5.80. The molecule has 1 aliphatic rings. The van der Waals surface area contributed by atoms with Crippen molar-refractivity contribution in [3.63, 3.8) is 0 Å². The highest BCUT2D eigenvalue weighted by Gasteiger charge is 2.32. The molecule has 0 unspecified atom stereocenters. The molecular weight excluding hydrogens is 212 g/mol. The van der Waals surface area contributed by atoms with Gasteiger partial charge >= 0.3 is 0 Å². The SMILES string of the molecule is COc1ccc(C(C)(C)C)cc1C(=O)C1CC1. The van der Waals surface area contributed by atoms with E-state index in [-0.39, 0.29) is 17.1 Å². The zero-order chi connectivity index (χ0) is 12.6. The van der Waals surface area contributed by atoms with Crippen LogP contribution in [0.1, 0.15) is 49.5 Å². The van der Waals surface area contributed by atoms with Crippen LogP contribution in [0, 0.1) is 5.92 Å². The maximum Gasteiger partial charge on any atom is 0.169 e. The Hall–Kier alpha value is -1.31. The smallest absolute Gasteiger partial charge is 0.169 e. The largest absolute Gasteiger partial charge is 0.496 e. The number of hydrogen-bond acceptors (Lipinski definition) is 2. The van der Waals surface area contributed by atoms with Crippen LogP contribution in [0.15, 0.2) is 18.2 Å². The van der Waals surface area contributed by atoms with E-state index >= 15 is 0 Å². The van der Waals surface area contributed by atoms with Crippen LogP contribution in [-0.2, 0) is 5.41 Å². The molecular formula is C15H20O2. The normalized spacial score (nSPS) is 15.8. The molecule has 2 rings (SSSR count). The third-order valence-corrected chi connectivity index (χ3v) is 3.28. The van der Waals surface area contributed by atoms with Crippen LogP contribution in [0.3, 0.4) is 0 Å². The Labute approximate surface area is 103 Å². The molecule has 0 bridgehead atoms. The first-order chi connectivity index (χ1) is 7.93. The van der Waals surface area contributed by atoms with E-state index < -0.39 is 0 Å². The van der Waals surface area contributed by atoms with Crippen molar-refractivity contribution in [2.45, 2.75) is 39.0 Å². The highest BCUT2D eigenvalue weighted by Crippen LogP contribution is 2.36. The van der Waals surface area contributed by atoms with Crippen molar-refractivity contribution >= 4 is 5.78 Å². The van der Waals surface area contributed by atoms with Gasteiger partial charge in [-0.05, 0) is 36.0 Å².